The smallest absolute Gasteiger partial charge is 0.261 e. The molecule has 2 N–H and O–H groups in total. The van der Waals surface area contributed by atoms with Gasteiger partial charge in [0, 0.05) is 24.5 Å². The summed E-state index contributed by atoms with van der Waals surface area (Å²) in [5.41, 5.74) is 2.05. The van der Waals surface area contributed by atoms with Crippen molar-refractivity contribution in [1.82, 2.24) is 15.3 Å². The number of carbonyl (C=O) groups is 1. The van der Waals surface area contributed by atoms with Crippen LogP contribution in [-0.4, -0.2) is 22.5 Å². The first-order valence-electron chi connectivity index (χ1n) is 8.32. The summed E-state index contributed by atoms with van der Waals surface area (Å²) in [7, 11) is 0. The second-order valence-electron chi connectivity index (χ2n) is 5.60. The van der Waals surface area contributed by atoms with E-state index in [2.05, 4.69) is 15.3 Å². The van der Waals surface area contributed by atoms with Gasteiger partial charge < -0.3 is 15.0 Å². The number of rotatable bonds is 6. The number of pyridine rings is 2. The molecule has 0 saturated heterocycles. The predicted molar refractivity (Wildman–Crippen MR) is 99.1 cm³/mol. The van der Waals surface area contributed by atoms with Crippen LogP contribution in [-0.2, 0) is 6.54 Å². The number of aromatic amines is 1. The van der Waals surface area contributed by atoms with E-state index in [1.807, 2.05) is 37.3 Å². The van der Waals surface area contributed by atoms with E-state index in [1.54, 1.807) is 24.4 Å². The van der Waals surface area contributed by atoms with Crippen molar-refractivity contribution in [2.75, 3.05) is 6.61 Å². The first-order chi connectivity index (χ1) is 12.7. The van der Waals surface area contributed by atoms with E-state index in [4.69, 9.17) is 4.74 Å². The highest BCUT2D eigenvalue weighted by molar-refractivity contribution is 5.94. The first kappa shape index (κ1) is 17.4. The fourth-order valence-corrected chi connectivity index (χ4v) is 2.50. The van der Waals surface area contributed by atoms with Gasteiger partial charge in [-0.15, -0.1) is 0 Å². The normalized spacial score (nSPS) is 10.3. The SMILES string of the molecule is CCOc1cc(CNC(=O)c2ccc(-c3ccccc3)[nH]c2=O)ccn1. The summed E-state index contributed by atoms with van der Waals surface area (Å²) in [4.78, 5) is 31.4. The second kappa shape index (κ2) is 8.11. The van der Waals surface area contributed by atoms with Crippen molar-refractivity contribution < 1.29 is 9.53 Å². The lowest BCUT2D eigenvalue weighted by Crippen LogP contribution is -2.29. The summed E-state index contributed by atoms with van der Waals surface area (Å²) in [5, 5.41) is 2.74. The van der Waals surface area contributed by atoms with Crippen LogP contribution in [0.1, 0.15) is 22.8 Å². The van der Waals surface area contributed by atoms with Gasteiger partial charge in [0.1, 0.15) is 5.56 Å². The van der Waals surface area contributed by atoms with Crippen LogP contribution in [0, 0.1) is 0 Å². The molecular formula is C20H19N3O3. The molecule has 2 heterocycles. The molecule has 1 aromatic carbocycles. The minimum atomic E-state index is -0.430. The second-order valence-corrected chi connectivity index (χ2v) is 5.60. The molecule has 0 atom stereocenters. The average molecular weight is 349 g/mol. The van der Waals surface area contributed by atoms with Gasteiger partial charge in [0.15, 0.2) is 0 Å². The molecule has 0 aliphatic heterocycles. The molecule has 0 spiro atoms. The Bertz CT molecular complexity index is 952. The summed E-state index contributed by atoms with van der Waals surface area (Å²) < 4.78 is 5.33. The quantitative estimate of drug-likeness (QED) is 0.717. The van der Waals surface area contributed by atoms with Crippen LogP contribution in [0.2, 0.25) is 0 Å². The number of hydrogen-bond donors (Lipinski definition) is 2. The lowest BCUT2D eigenvalue weighted by atomic mass is 10.1. The van der Waals surface area contributed by atoms with Gasteiger partial charge in [0.2, 0.25) is 5.88 Å². The molecule has 0 aliphatic carbocycles. The van der Waals surface area contributed by atoms with E-state index < -0.39 is 11.5 Å². The zero-order valence-corrected chi connectivity index (χ0v) is 14.4. The van der Waals surface area contributed by atoms with Crippen LogP contribution in [0.15, 0.2) is 65.6 Å². The molecule has 0 unspecified atom stereocenters. The molecule has 2 aromatic heterocycles. The van der Waals surface area contributed by atoms with Crippen molar-refractivity contribution in [3.05, 3.63) is 82.3 Å². The van der Waals surface area contributed by atoms with Crippen molar-refractivity contribution in [2.45, 2.75) is 13.5 Å². The highest BCUT2D eigenvalue weighted by Gasteiger charge is 2.11. The lowest BCUT2D eigenvalue weighted by molar-refractivity contribution is 0.0949. The third-order valence-electron chi connectivity index (χ3n) is 3.78. The maximum atomic E-state index is 12.3. The molecule has 0 fully saturated rings. The third kappa shape index (κ3) is 4.16. The molecule has 0 bridgehead atoms. The largest absolute Gasteiger partial charge is 0.478 e. The van der Waals surface area contributed by atoms with Crippen LogP contribution >= 0.6 is 0 Å². The molecule has 0 saturated carbocycles. The fourth-order valence-electron chi connectivity index (χ4n) is 2.50. The van der Waals surface area contributed by atoms with Crippen LogP contribution in [0.3, 0.4) is 0 Å². The average Bonchev–Trinajstić information content (AvgIpc) is 2.67. The number of carbonyl (C=O) groups excluding carboxylic acids is 1. The molecule has 6 heteroatoms. The van der Waals surface area contributed by atoms with E-state index in [0.717, 1.165) is 11.1 Å². The number of H-pyrrole nitrogens is 1. The molecular weight excluding hydrogens is 330 g/mol. The molecule has 0 aliphatic rings. The minimum absolute atomic E-state index is 0.0729. The Kier molecular flexibility index (Phi) is 5.43. The van der Waals surface area contributed by atoms with Gasteiger partial charge in [-0.3, -0.25) is 9.59 Å². The Balaban J connectivity index is 1.70. The Labute approximate surface area is 150 Å². The van der Waals surface area contributed by atoms with Gasteiger partial charge in [-0.2, -0.15) is 0 Å². The Hall–Kier alpha value is -3.41. The number of ether oxygens (including phenoxy) is 1. The van der Waals surface area contributed by atoms with E-state index in [-0.39, 0.29) is 12.1 Å². The molecule has 26 heavy (non-hydrogen) atoms. The zero-order valence-electron chi connectivity index (χ0n) is 14.4. The molecule has 0 radical (unpaired) electrons. The minimum Gasteiger partial charge on any atom is -0.478 e. The first-order valence-corrected chi connectivity index (χ1v) is 8.32. The maximum absolute atomic E-state index is 12.3. The van der Waals surface area contributed by atoms with Gasteiger partial charge in [-0.05, 0) is 36.2 Å². The monoisotopic (exact) mass is 349 g/mol. The highest BCUT2D eigenvalue weighted by atomic mass is 16.5. The number of nitrogens with one attached hydrogen (secondary N) is 2. The number of aromatic nitrogens is 2. The van der Waals surface area contributed by atoms with Gasteiger partial charge in [0.05, 0.1) is 6.61 Å². The van der Waals surface area contributed by atoms with Crippen molar-refractivity contribution in [2.24, 2.45) is 0 Å². The number of nitrogens with zero attached hydrogens (tertiary/aromatic N) is 1. The van der Waals surface area contributed by atoms with Crippen LogP contribution in [0.5, 0.6) is 5.88 Å². The third-order valence-corrected chi connectivity index (χ3v) is 3.78. The molecule has 132 valence electrons. The number of benzene rings is 1. The summed E-state index contributed by atoms with van der Waals surface area (Å²) in [6.45, 7) is 2.68. The number of amides is 1. The summed E-state index contributed by atoms with van der Waals surface area (Å²) in [5.74, 6) is 0.0740. The lowest BCUT2D eigenvalue weighted by Gasteiger charge is -2.08. The molecule has 1 amide bonds. The summed E-state index contributed by atoms with van der Waals surface area (Å²) in [6, 6.07) is 16.3. The topological polar surface area (TPSA) is 84.1 Å². The summed E-state index contributed by atoms with van der Waals surface area (Å²) >= 11 is 0. The molecule has 3 aromatic rings. The van der Waals surface area contributed by atoms with Gasteiger partial charge in [0.25, 0.3) is 11.5 Å². The fraction of sp³-hybridized carbons (Fsp3) is 0.150. The predicted octanol–water partition coefficient (Wildman–Crippen LogP) is 2.77. The van der Waals surface area contributed by atoms with Crippen LogP contribution in [0.4, 0.5) is 0 Å². The van der Waals surface area contributed by atoms with E-state index >= 15 is 0 Å². The van der Waals surface area contributed by atoms with Crippen molar-refractivity contribution in [3.8, 4) is 17.1 Å². The summed E-state index contributed by atoms with van der Waals surface area (Å²) in [6.07, 6.45) is 1.62. The Morgan fingerprint density at radius 1 is 1.15 bits per heavy atom. The standard InChI is InChI=1S/C20H19N3O3/c1-2-26-18-12-14(10-11-21-18)13-22-19(24)16-8-9-17(23-20(16)25)15-6-4-3-5-7-15/h3-12H,2,13H2,1H3,(H,22,24)(H,23,25). The maximum Gasteiger partial charge on any atom is 0.261 e. The van der Waals surface area contributed by atoms with Crippen LogP contribution in [0.25, 0.3) is 11.3 Å². The van der Waals surface area contributed by atoms with Gasteiger partial charge in [-0.25, -0.2) is 4.98 Å². The van der Waals surface area contributed by atoms with E-state index in [9.17, 15) is 9.59 Å². The highest BCUT2D eigenvalue weighted by Crippen LogP contribution is 2.14. The van der Waals surface area contributed by atoms with E-state index in [1.165, 1.54) is 6.07 Å². The van der Waals surface area contributed by atoms with Crippen molar-refractivity contribution in [3.63, 3.8) is 0 Å². The Morgan fingerprint density at radius 2 is 1.96 bits per heavy atom. The molecule has 6 nitrogen and oxygen atoms in total. The van der Waals surface area contributed by atoms with Crippen molar-refractivity contribution in [1.29, 1.82) is 0 Å². The van der Waals surface area contributed by atoms with Gasteiger partial charge in [-0.1, -0.05) is 30.3 Å². The van der Waals surface area contributed by atoms with Crippen molar-refractivity contribution >= 4 is 5.91 Å². The molecule has 3 rings (SSSR count). The zero-order chi connectivity index (χ0) is 18.4. The van der Waals surface area contributed by atoms with E-state index in [0.29, 0.717) is 18.2 Å². The van der Waals surface area contributed by atoms with Gasteiger partial charge >= 0.3 is 0 Å². The Morgan fingerprint density at radius 3 is 2.69 bits per heavy atom. The van der Waals surface area contributed by atoms with Crippen LogP contribution < -0.4 is 15.6 Å². The number of hydrogen-bond acceptors (Lipinski definition) is 4.